The fraction of sp³-hybridized carbons (Fsp3) is 0.769. The minimum absolute atomic E-state index is 0.205. The van der Waals surface area contributed by atoms with Crippen molar-refractivity contribution in [2.45, 2.75) is 64.3 Å². The van der Waals surface area contributed by atoms with Crippen molar-refractivity contribution in [2.75, 3.05) is 0 Å². The van der Waals surface area contributed by atoms with Gasteiger partial charge in [0, 0.05) is 18.9 Å². The molecular formula is C13H21N3O2. The highest BCUT2D eigenvalue weighted by Gasteiger charge is 2.20. The molecule has 0 aliphatic heterocycles. The summed E-state index contributed by atoms with van der Waals surface area (Å²) < 4.78 is 2.24. The molecule has 1 aliphatic rings. The van der Waals surface area contributed by atoms with E-state index < -0.39 is 5.97 Å². The van der Waals surface area contributed by atoms with Crippen LogP contribution >= 0.6 is 0 Å². The van der Waals surface area contributed by atoms with E-state index in [0.717, 1.165) is 11.6 Å². The molecule has 0 amide bonds. The maximum absolute atomic E-state index is 10.5. The Hall–Kier alpha value is -1.39. The van der Waals surface area contributed by atoms with Crippen molar-refractivity contribution in [3.05, 3.63) is 11.6 Å². The monoisotopic (exact) mass is 251 g/mol. The normalized spacial score (nSPS) is 16.9. The number of aryl methyl sites for hydroxylation is 2. The Balaban J connectivity index is 2.03. The summed E-state index contributed by atoms with van der Waals surface area (Å²) in [5.74, 6) is 1.18. The van der Waals surface area contributed by atoms with Crippen molar-refractivity contribution in [1.82, 2.24) is 14.8 Å². The van der Waals surface area contributed by atoms with Gasteiger partial charge in [0.1, 0.15) is 11.6 Å². The van der Waals surface area contributed by atoms with Gasteiger partial charge in [-0.25, -0.2) is 0 Å². The smallest absolute Gasteiger partial charge is 0.303 e. The van der Waals surface area contributed by atoms with Crippen LogP contribution in [-0.4, -0.2) is 25.8 Å². The lowest BCUT2D eigenvalue weighted by atomic mass is 9.95. The van der Waals surface area contributed by atoms with Crippen molar-refractivity contribution < 1.29 is 9.90 Å². The summed E-state index contributed by atoms with van der Waals surface area (Å²) in [6.07, 6.45) is 7.83. The number of aliphatic carboxylic acids is 1. The highest BCUT2D eigenvalue weighted by molar-refractivity contribution is 5.66. The molecule has 5 heteroatoms. The Morgan fingerprint density at radius 1 is 1.33 bits per heavy atom. The molecule has 100 valence electrons. The van der Waals surface area contributed by atoms with E-state index in [1.54, 1.807) is 0 Å². The first kappa shape index (κ1) is 13.1. The van der Waals surface area contributed by atoms with Crippen LogP contribution in [0.15, 0.2) is 0 Å². The van der Waals surface area contributed by atoms with Gasteiger partial charge in [-0.15, -0.1) is 10.2 Å². The highest BCUT2D eigenvalue weighted by Crippen LogP contribution is 2.30. The van der Waals surface area contributed by atoms with E-state index in [2.05, 4.69) is 14.8 Å². The van der Waals surface area contributed by atoms with Crippen LogP contribution in [0.1, 0.15) is 62.6 Å². The first-order valence-corrected chi connectivity index (χ1v) is 6.80. The molecule has 1 aliphatic carbocycles. The summed E-state index contributed by atoms with van der Waals surface area (Å²) in [5.41, 5.74) is 0. The van der Waals surface area contributed by atoms with Gasteiger partial charge in [-0.2, -0.15) is 0 Å². The molecule has 0 unspecified atom stereocenters. The molecular weight excluding hydrogens is 230 g/mol. The molecule has 0 aromatic carbocycles. The zero-order chi connectivity index (χ0) is 13.0. The lowest BCUT2D eigenvalue weighted by Gasteiger charge is -2.25. The Morgan fingerprint density at radius 2 is 2.06 bits per heavy atom. The van der Waals surface area contributed by atoms with Gasteiger partial charge in [-0.05, 0) is 26.2 Å². The number of aromatic nitrogens is 3. The topological polar surface area (TPSA) is 68.0 Å². The maximum atomic E-state index is 10.5. The zero-order valence-electron chi connectivity index (χ0n) is 10.9. The van der Waals surface area contributed by atoms with Crippen molar-refractivity contribution in [2.24, 2.45) is 0 Å². The first-order chi connectivity index (χ1) is 8.68. The molecule has 1 aromatic rings. The Labute approximate surface area is 107 Å². The predicted octanol–water partition coefficient (Wildman–Crippen LogP) is 2.50. The zero-order valence-corrected chi connectivity index (χ0v) is 10.9. The van der Waals surface area contributed by atoms with Crippen LogP contribution in [0.5, 0.6) is 0 Å². The summed E-state index contributed by atoms with van der Waals surface area (Å²) in [4.78, 5) is 10.5. The Kier molecular flexibility index (Phi) is 4.33. The van der Waals surface area contributed by atoms with Crippen LogP contribution in [0.4, 0.5) is 0 Å². The fourth-order valence-electron chi connectivity index (χ4n) is 2.80. The average molecular weight is 251 g/mol. The first-order valence-electron chi connectivity index (χ1n) is 6.80. The van der Waals surface area contributed by atoms with Crippen molar-refractivity contribution in [1.29, 1.82) is 0 Å². The Bertz CT molecular complexity index is 408. The standard InChI is InChI=1S/C13H21N3O2/c1-10-14-15-12(8-5-9-13(17)18)16(10)11-6-3-2-4-7-11/h11H,2-9H2,1H3,(H,17,18). The number of nitrogens with zero attached hydrogens (tertiary/aromatic N) is 3. The van der Waals surface area contributed by atoms with Gasteiger partial charge in [0.25, 0.3) is 0 Å². The van der Waals surface area contributed by atoms with E-state index in [9.17, 15) is 4.79 Å². The largest absolute Gasteiger partial charge is 0.481 e. The second-order valence-corrected chi connectivity index (χ2v) is 5.07. The van der Waals surface area contributed by atoms with Gasteiger partial charge in [-0.3, -0.25) is 4.79 Å². The average Bonchev–Trinajstić information content (AvgIpc) is 2.71. The van der Waals surface area contributed by atoms with Gasteiger partial charge < -0.3 is 9.67 Å². The molecule has 1 N–H and O–H groups in total. The van der Waals surface area contributed by atoms with Gasteiger partial charge in [0.15, 0.2) is 0 Å². The Morgan fingerprint density at radius 3 is 2.72 bits per heavy atom. The maximum Gasteiger partial charge on any atom is 0.303 e. The van der Waals surface area contributed by atoms with Gasteiger partial charge in [0.2, 0.25) is 0 Å². The summed E-state index contributed by atoms with van der Waals surface area (Å²) in [6, 6.07) is 0.522. The number of rotatable bonds is 5. The minimum atomic E-state index is -0.740. The molecule has 1 saturated carbocycles. The van der Waals surface area contributed by atoms with E-state index in [4.69, 9.17) is 5.11 Å². The van der Waals surface area contributed by atoms with Crippen LogP contribution in [0.2, 0.25) is 0 Å². The molecule has 1 fully saturated rings. The molecule has 0 bridgehead atoms. The highest BCUT2D eigenvalue weighted by atomic mass is 16.4. The number of hydrogen-bond donors (Lipinski definition) is 1. The van der Waals surface area contributed by atoms with E-state index in [1.807, 2.05) is 6.92 Å². The van der Waals surface area contributed by atoms with Crippen molar-refractivity contribution in [3.63, 3.8) is 0 Å². The molecule has 1 heterocycles. The van der Waals surface area contributed by atoms with Gasteiger partial charge in [0.05, 0.1) is 0 Å². The predicted molar refractivity (Wildman–Crippen MR) is 67.5 cm³/mol. The molecule has 0 spiro atoms. The molecule has 1 aromatic heterocycles. The van der Waals surface area contributed by atoms with Crippen LogP contribution in [0.3, 0.4) is 0 Å². The molecule has 0 radical (unpaired) electrons. The van der Waals surface area contributed by atoms with E-state index in [0.29, 0.717) is 18.9 Å². The molecule has 2 rings (SSSR count). The van der Waals surface area contributed by atoms with Crippen LogP contribution in [0, 0.1) is 6.92 Å². The number of carboxylic acids is 1. The lowest BCUT2D eigenvalue weighted by Crippen LogP contribution is -2.17. The van der Waals surface area contributed by atoms with Crippen LogP contribution in [-0.2, 0) is 11.2 Å². The fourth-order valence-corrected chi connectivity index (χ4v) is 2.80. The molecule has 0 saturated heterocycles. The van der Waals surface area contributed by atoms with E-state index in [-0.39, 0.29) is 6.42 Å². The number of hydrogen-bond acceptors (Lipinski definition) is 3. The summed E-state index contributed by atoms with van der Waals surface area (Å²) in [6.45, 7) is 1.99. The second kappa shape index (κ2) is 5.98. The van der Waals surface area contributed by atoms with E-state index >= 15 is 0 Å². The van der Waals surface area contributed by atoms with Crippen molar-refractivity contribution in [3.8, 4) is 0 Å². The van der Waals surface area contributed by atoms with Gasteiger partial charge >= 0.3 is 5.97 Å². The third-order valence-corrected chi connectivity index (χ3v) is 3.67. The lowest BCUT2D eigenvalue weighted by molar-refractivity contribution is -0.137. The molecule has 18 heavy (non-hydrogen) atoms. The second-order valence-electron chi connectivity index (χ2n) is 5.07. The third-order valence-electron chi connectivity index (χ3n) is 3.67. The van der Waals surface area contributed by atoms with Crippen LogP contribution < -0.4 is 0 Å². The van der Waals surface area contributed by atoms with Gasteiger partial charge in [-0.1, -0.05) is 19.3 Å². The minimum Gasteiger partial charge on any atom is -0.481 e. The number of carbonyl (C=O) groups is 1. The van der Waals surface area contributed by atoms with Crippen molar-refractivity contribution >= 4 is 5.97 Å². The molecule has 0 atom stereocenters. The molecule has 5 nitrogen and oxygen atoms in total. The summed E-state index contributed by atoms with van der Waals surface area (Å²) in [7, 11) is 0. The van der Waals surface area contributed by atoms with Crippen LogP contribution in [0.25, 0.3) is 0 Å². The summed E-state index contributed by atoms with van der Waals surface area (Å²) >= 11 is 0. The SMILES string of the molecule is Cc1nnc(CCCC(=O)O)n1C1CCCCC1. The third kappa shape index (κ3) is 3.09. The van der Waals surface area contributed by atoms with E-state index in [1.165, 1.54) is 32.1 Å². The quantitative estimate of drug-likeness (QED) is 0.873. The summed E-state index contributed by atoms with van der Waals surface area (Å²) in [5, 5.41) is 17.0. The number of carboxylic acid groups (broad SMARTS) is 1.